The molecule has 0 saturated carbocycles. The van der Waals surface area contributed by atoms with Gasteiger partial charge >= 0.3 is 6.09 Å². The monoisotopic (exact) mass is 346 g/mol. The van der Waals surface area contributed by atoms with Crippen molar-refractivity contribution in [1.29, 1.82) is 5.26 Å². The van der Waals surface area contributed by atoms with Gasteiger partial charge in [-0.2, -0.15) is 5.26 Å². The van der Waals surface area contributed by atoms with Crippen LogP contribution in [0.1, 0.15) is 30.5 Å². The van der Waals surface area contributed by atoms with Gasteiger partial charge in [0.2, 0.25) is 0 Å². The van der Waals surface area contributed by atoms with Crippen molar-refractivity contribution in [2.45, 2.75) is 31.8 Å². The Morgan fingerprint density at radius 3 is 2.88 bits per heavy atom. The molecule has 1 atom stereocenters. The van der Waals surface area contributed by atoms with Crippen LogP contribution in [0.25, 0.3) is 0 Å². The lowest BCUT2D eigenvalue weighted by Gasteiger charge is -2.35. The fourth-order valence-corrected chi connectivity index (χ4v) is 3.53. The van der Waals surface area contributed by atoms with E-state index in [9.17, 15) is 4.79 Å². The van der Waals surface area contributed by atoms with E-state index in [0.29, 0.717) is 38.6 Å². The molecule has 2 fully saturated rings. The van der Waals surface area contributed by atoms with Crippen molar-refractivity contribution in [3.8, 4) is 6.07 Å². The van der Waals surface area contributed by atoms with Crippen LogP contribution in [0.15, 0.2) is 12.3 Å². The van der Waals surface area contributed by atoms with Gasteiger partial charge in [-0.15, -0.1) is 0 Å². The first-order valence-electron chi connectivity index (χ1n) is 8.96. The van der Waals surface area contributed by atoms with E-state index in [1.54, 1.807) is 4.90 Å². The van der Waals surface area contributed by atoms with Crippen LogP contribution >= 0.6 is 0 Å². The summed E-state index contributed by atoms with van der Waals surface area (Å²) in [6.45, 7) is 4.59. The van der Waals surface area contributed by atoms with E-state index in [4.69, 9.17) is 14.7 Å². The van der Waals surface area contributed by atoms with Crippen molar-refractivity contribution < 1.29 is 14.3 Å². The highest BCUT2D eigenvalue weighted by atomic mass is 16.6. The highest BCUT2D eigenvalue weighted by molar-refractivity contribution is 5.67. The Balaban J connectivity index is 1.55. The molecule has 2 saturated heterocycles. The highest BCUT2D eigenvalue weighted by Crippen LogP contribution is 2.21. The quantitative estimate of drug-likeness (QED) is 0.830. The second kappa shape index (κ2) is 8.37. The average molecular weight is 346 g/mol. The molecule has 0 spiro atoms. The SMILES string of the molecule is Cn1cc(CN2CCCCC2COC(=O)N2CCOCC2)cc1C#N. The van der Waals surface area contributed by atoms with Crippen LogP contribution in [0.2, 0.25) is 0 Å². The molecular formula is C18H26N4O3. The summed E-state index contributed by atoms with van der Waals surface area (Å²) in [5.41, 5.74) is 1.80. The Kier molecular flexibility index (Phi) is 5.95. The molecule has 1 aromatic heterocycles. The van der Waals surface area contributed by atoms with Crippen molar-refractivity contribution >= 4 is 6.09 Å². The number of aromatic nitrogens is 1. The molecule has 1 aromatic rings. The molecule has 0 radical (unpaired) electrons. The van der Waals surface area contributed by atoms with Gasteiger partial charge in [0.1, 0.15) is 18.4 Å². The fraction of sp³-hybridized carbons (Fsp3) is 0.667. The Labute approximate surface area is 148 Å². The molecule has 3 rings (SSSR count). The number of amides is 1. The van der Waals surface area contributed by atoms with Gasteiger partial charge in [0.15, 0.2) is 0 Å². The van der Waals surface area contributed by atoms with Gasteiger partial charge in [-0.3, -0.25) is 4.90 Å². The molecular weight excluding hydrogens is 320 g/mol. The molecule has 1 amide bonds. The van der Waals surface area contributed by atoms with Crippen molar-refractivity contribution in [2.24, 2.45) is 7.05 Å². The lowest BCUT2D eigenvalue weighted by Crippen LogP contribution is -2.45. The summed E-state index contributed by atoms with van der Waals surface area (Å²) in [4.78, 5) is 16.3. The number of aryl methyl sites for hydroxylation is 1. The average Bonchev–Trinajstić information content (AvgIpc) is 3.00. The molecule has 25 heavy (non-hydrogen) atoms. The molecule has 2 aliphatic rings. The molecule has 7 nitrogen and oxygen atoms in total. The molecule has 0 N–H and O–H groups in total. The molecule has 7 heteroatoms. The van der Waals surface area contributed by atoms with Gasteiger partial charge in [-0.25, -0.2) is 4.79 Å². The number of hydrogen-bond acceptors (Lipinski definition) is 5. The first-order valence-corrected chi connectivity index (χ1v) is 8.96. The van der Waals surface area contributed by atoms with Crippen molar-refractivity contribution in [3.05, 3.63) is 23.5 Å². The zero-order valence-electron chi connectivity index (χ0n) is 14.8. The van der Waals surface area contributed by atoms with E-state index in [2.05, 4.69) is 11.0 Å². The summed E-state index contributed by atoms with van der Waals surface area (Å²) < 4.78 is 12.7. The largest absolute Gasteiger partial charge is 0.448 e. The van der Waals surface area contributed by atoms with E-state index in [0.717, 1.165) is 37.9 Å². The summed E-state index contributed by atoms with van der Waals surface area (Å²) >= 11 is 0. The van der Waals surface area contributed by atoms with Crippen LogP contribution in [0.5, 0.6) is 0 Å². The molecule has 0 aromatic carbocycles. The summed E-state index contributed by atoms with van der Waals surface area (Å²) in [6.07, 6.45) is 5.12. The number of carbonyl (C=O) groups excluding carboxylic acids is 1. The van der Waals surface area contributed by atoms with Gasteiger partial charge < -0.3 is 18.9 Å². The number of morpholine rings is 1. The van der Waals surface area contributed by atoms with Crippen LogP contribution in [0, 0.1) is 11.3 Å². The second-order valence-corrected chi connectivity index (χ2v) is 6.75. The predicted molar refractivity (Wildman–Crippen MR) is 91.9 cm³/mol. The smallest absolute Gasteiger partial charge is 0.409 e. The molecule has 0 bridgehead atoms. The minimum atomic E-state index is -0.236. The predicted octanol–water partition coefficient (Wildman–Crippen LogP) is 1.72. The maximum absolute atomic E-state index is 12.2. The summed E-state index contributed by atoms with van der Waals surface area (Å²) in [5.74, 6) is 0. The van der Waals surface area contributed by atoms with Gasteiger partial charge in [0, 0.05) is 38.9 Å². The highest BCUT2D eigenvalue weighted by Gasteiger charge is 2.26. The van der Waals surface area contributed by atoms with Crippen LogP contribution < -0.4 is 0 Å². The van der Waals surface area contributed by atoms with Crippen LogP contribution in [-0.4, -0.2) is 66.0 Å². The lowest BCUT2D eigenvalue weighted by molar-refractivity contribution is 0.0119. The third kappa shape index (κ3) is 4.53. The van der Waals surface area contributed by atoms with E-state index in [1.807, 2.05) is 23.9 Å². The number of piperidine rings is 1. The van der Waals surface area contributed by atoms with E-state index in [-0.39, 0.29) is 12.1 Å². The van der Waals surface area contributed by atoms with Gasteiger partial charge in [-0.05, 0) is 31.0 Å². The number of rotatable bonds is 4. The van der Waals surface area contributed by atoms with Crippen molar-refractivity contribution in [3.63, 3.8) is 0 Å². The minimum absolute atomic E-state index is 0.236. The Morgan fingerprint density at radius 2 is 2.16 bits per heavy atom. The lowest BCUT2D eigenvalue weighted by atomic mass is 10.0. The third-order valence-corrected chi connectivity index (χ3v) is 4.98. The van der Waals surface area contributed by atoms with Crippen LogP contribution in [-0.2, 0) is 23.1 Å². The van der Waals surface area contributed by atoms with Crippen molar-refractivity contribution in [2.75, 3.05) is 39.5 Å². The Bertz CT molecular complexity index is 631. The zero-order chi connectivity index (χ0) is 17.6. The normalized spacial score (nSPS) is 21.8. The van der Waals surface area contributed by atoms with Gasteiger partial charge in [0.25, 0.3) is 0 Å². The number of nitrogens with zero attached hydrogens (tertiary/aromatic N) is 4. The standard InChI is InChI=1S/C18H26N4O3/c1-20-12-15(10-17(20)11-19)13-22-5-3-2-4-16(22)14-25-18(23)21-6-8-24-9-7-21/h10,12,16H,2-9,13-14H2,1H3. The molecule has 0 aliphatic carbocycles. The third-order valence-electron chi connectivity index (χ3n) is 4.98. The van der Waals surface area contributed by atoms with Gasteiger partial charge in [0.05, 0.1) is 13.2 Å². The number of likely N-dealkylation sites (tertiary alicyclic amines) is 1. The molecule has 2 aliphatic heterocycles. The molecule has 3 heterocycles. The number of hydrogen-bond donors (Lipinski definition) is 0. The maximum atomic E-state index is 12.2. The molecule has 1 unspecified atom stereocenters. The number of ether oxygens (including phenoxy) is 2. The summed E-state index contributed by atoms with van der Waals surface area (Å²) in [7, 11) is 1.89. The first kappa shape index (κ1) is 17.8. The van der Waals surface area contributed by atoms with E-state index in [1.165, 1.54) is 0 Å². The maximum Gasteiger partial charge on any atom is 0.409 e. The van der Waals surface area contributed by atoms with Crippen LogP contribution in [0.3, 0.4) is 0 Å². The number of carbonyl (C=O) groups is 1. The zero-order valence-corrected chi connectivity index (χ0v) is 14.8. The van der Waals surface area contributed by atoms with Crippen molar-refractivity contribution in [1.82, 2.24) is 14.4 Å². The minimum Gasteiger partial charge on any atom is -0.448 e. The Hall–Kier alpha value is -2.04. The van der Waals surface area contributed by atoms with E-state index >= 15 is 0 Å². The fourth-order valence-electron chi connectivity index (χ4n) is 3.53. The van der Waals surface area contributed by atoms with Crippen LogP contribution in [0.4, 0.5) is 4.79 Å². The van der Waals surface area contributed by atoms with Gasteiger partial charge in [-0.1, -0.05) is 6.42 Å². The topological polar surface area (TPSA) is 70.7 Å². The first-order chi connectivity index (χ1) is 12.2. The van der Waals surface area contributed by atoms with E-state index < -0.39 is 0 Å². The second-order valence-electron chi connectivity index (χ2n) is 6.75. The Morgan fingerprint density at radius 1 is 1.36 bits per heavy atom. The summed E-state index contributed by atoms with van der Waals surface area (Å²) in [5, 5.41) is 9.10. The molecule has 136 valence electrons. The number of nitriles is 1. The summed E-state index contributed by atoms with van der Waals surface area (Å²) in [6, 6.07) is 4.38.